The first-order valence-corrected chi connectivity index (χ1v) is 5.51. The van der Waals surface area contributed by atoms with Gasteiger partial charge in [0.2, 0.25) is 0 Å². The SMILES string of the molecule is C1COCCN1.O=[N+]([O-])c1cccc(C(F)(F)F)c1. The van der Waals surface area contributed by atoms with Gasteiger partial charge in [-0.3, -0.25) is 10.1 Å². The summed E-state index contributed by atoms with van der Waals surface area (Å²) < 4.78 is 41.0. The molecule has 5 nitrogen and oxygen atoms in total. The van der Waals surface area contributed by atoms with Crippen molar-refractivity contribution in [1.82, 2.24) is 5.32 Å². The van der Waals surface area contributed by atoms with E-state index in [1.165, 1.54) is 0 Å². The van der Waals surface area contributed by atoms with Gasteiger partial charge in [0.05, 0.1) is 23.7 Å². The van der Waals surface area contributed by atoms with Crippen molar-refractivity contribution < 1.29 is 22.8 Å². The van der Waals surface area contributed by atoms with Crippen LogP contribution in [-0.4, -0.2) is 31.2 Å². The Balaban J connectivity index is 0.000000250. The van der Waals surface area contributed by atoms with E-state index in [2.05, 4.69) is 5.32 Å². The molecule has 8 heteroatoms. The van der Waals surface area contributed by atoms with Gasteiger partial charge in [-0.15, -0.1) is 0 Å². The van der Waals surface area contributed by atoms with Gasteiger partial charge in [0.1, 0.15) is 0 Å². The minimum atomic E-state index is -4.54. The highest BCUT2D eigenvalue weighted by molar-refractivity contribution is 5.35. The summed E-state index contributed by atoms with van der Waals surface area (Å²) in [6, 6.07) is 3.29. The van der Waals surface area contributed by atoms with Crippen LogP contribution in [0.3, 0.4) is 0 Å². The van der Waals surface area contributed by atoms with Crippen molar-refractivity contribution in [1.29, 1.82) is 0 Å². The second-order valence-corrected chi connectivity index (χ2v) is 3.67. The van der Waals surface area contributed by atoms with E-state index in [0.717, 1.165) is 44.5 Å². The number of alkyl halides is 3. The Kier molecular flexibility index (Phi) is 5.71. The van der Waals surface area contributed by atoms with Crippen LogP contribution in [0.5, 0.6) is 0 Å². The molecule has 0 aliphatic carbocycles. The van der Waals surface area contributed by atoms with E-state index in [9.17, 15) is 23.3 Å². The maximum absolute atomic E-state index is 12.0. The smallest absolute Gasteiger partial charge is 0.379 e. The van der Waals surface area contributed by atoms with Crippen molar-refractivity contribution in [2.45, 2.75) is 6.18 Å². The fraction of sp³-hybridized carbons (Fsp3) is 0.455. The topological polar surface area (TPSA) is 64.4 Å². The monoisotopic (exact) mass is 278 g/mol. The number of hydrogen-bond acceptors (Lipinski definition) is 4. The fourth-order valence-electron chi connectivity index (χ4n) is 1.31. The van der Waals surface area contributed by atoms with Crippen molar-refractivity contribution in [2.24, 2.45) is 0 Å². The standard InChI is InChI=1S/C7H4F3NO2.C4H9NO/c8-7(9,10)5-2-1-3-6(4-5)11(12)13;1-3-6-4-2-5-1/h1-4H;5H,1-4H2. The summed E-state index contributed by atoms with van der Waals surface area (Å²) in [5, 5.41) is 13.3. The molecule has 1 aromatic carbocycles. The van der Waals surface area contributed by atoms with Crippen molar-refractivity contribution >= 4 is 5.69 Å². The highest BCUT2D eigenvalue weighted by atomic mass is 19.4. The largest absolute Gasteiger partial charge is 0.416 e. The zero-order valence-corrected chi connectivity index (χ0v) is 9.94. The second-order valence-electron chi connectivity index (χ2n) is 3.67. The predicted molar refractivity (Wildman–Crippen MR) is 61.8 cm³/mol. The first-order chi connectivity index (χ1) is 8.91. The molecule has 106 valence electrons. The average Bonchev–Trinajstić information content (AvgIpc) is 2.40. The fourth-order valence-corrected chi connectivity index (χ4v) is 1.31. The molecular formula is C11H13F3N2O3. The van der Waals surface area contributed by atoms with Gasteiger partial charge in [0, 0.05) is 25.2 Å². The minimum absolute atomic E-state index is 0.500. The van der Waals surface area contributed by atoms with Crippen molar-refractivity contribution in [3.8, 4) is 0 Å². The van der Waals surface area contributed by atoms with Crippen LogP contribution in [0, 0.1) is 10.1 Å². The third-order valence-electron chi connectivity index (χ3n) is 2.23. The summed E-state index contributed by atoms with van der Waals surface area (Å²) in [7, 11) is 0. The number of hydrogen-bond donors (Lipinski definition) is 1. The molecule has 0 bridgehead atoms. The van der Waals surface area contributed by atoms with E-state index in [1.807, 2.05) is 0 Å². The van der Waals surface area contributed by atoms with Crippen LogP contribution in [0.1, 0.15) is 5.56 Å². The van der Waals surface area contributed by atoms with Gasteiger partial charge < -0.3 is 10.1 Å². The maximum atomic E-state index is 12.0. The molecule has 1 fully saturated rings. The van der Waals surface area contributed by atoms with Gasteiger partial charge in [0.25, 0.3) is 5.69 Å². The lowest BCUT2D eigenvalue weighted by Gasteiger charge is -2.10. The number of nitrogens with zero attached hydrogens (tertiary/aromatic N) is 1. The molecule has 0 spiro atoms. The summed E-state index contributed by atoms with van der Waals surface area (Å²) in [5.74, 6) is 0. The second kappa shape index (κ2) is 7.05. The number of non-ortho nitro benzene ring substituents is 1. The van der Waals surface area contributed by atoms with Crippen molar-refractivity contribution in [2.75, 3.05) is 26.3 Å². The molecule has 1 N–H and O–H groups in total. The molecule has 19 heavy (non-hydrogen) atoms. The van der Waals surface area contributed by atoms with Crippen LogP contribution in [0.4, 0.5) is 18.9 Å². The number of nitrogens with one attached hydrogen (secondary N) is 1. The highest BCUT2D eigenvalue weighted by Crippen LogP contribution is 2.30. The summed E-state index contributed by atoms with van der Waals surface area (Å²) in [6.45, 7) is 3.83. The third-order valence-corrected chi connectivity index (χ3v) is 2.23. The van der Waals surface area contributed by atoms with Gasteiger partial charge in [-0.25, -0.2) is 0 Å². The van der Waals surface area contributed by atoms with Crippen LogP contribution in [0.15, 0.2) is 24.3 Å². The van der Waals surface area contributed by atoms with E-state index in [4.69, 9.17) is 4.74 Å². The van der Waals surface area contributed by atoms with E-state index in [0.29, 0.717) is 6.07 Å². The van der Waals surface area contributed by atoms with E-state index >= 15 is 0 Å². The normalized spacial score (nSPS) is 15.3. The van der Waals surface area contributed by atoms with Crippen molar-refractivity contribution in [3.63, 3.8) is 0 Å². The number of benzene rings is 1. The number of halogens is 3. The van der Waals surface area contributed by atoms with Gasteiger partial charge >= 0.3 is 6.18 Å². The van der Waals surface area contributed by atoms with Crippen LogP contribution in [-0.2, 0) is 10.9 Å². The van der Waals surface area contributed by atoms with E-state index in [-0.39, 0.29) is 0 Å². The molecule has 0 unspecified atom stereocenters. The number of rotatable bonds is 1. The first kappa shape index (κ1) is 15.4. The van der Waals surface area contributed by atoms with Crippen LogP contribution in [0.25, 0.3) is 0 Å². The van der Waals surface area contributed by atoms with Crippen LogP contribution in [0.2, 0.25) is 0 Å². The Morgan fingerprint density at radius 2 is 1.89 bits per heavy atom. The number of nitro benzene ring substituents is 1. The quantitative estimate of drug-likeness (QED) is 0.632. The van der Waals surface area contributed by atoms with Gasteiger partial charge in [-0.2, -0.15) is 13.2 Å². The Morgan fingerprint density at radius 3 is 2.26 bits per heavy atom. The van der Waals surface area contributed by atoms with Crippen LogP contribution >= 0.6 is 0 Å². The summed E-state index contributed by atoms with van der Waals surface area (Å²) >= 11 is 0. The molecule has 1 heterocycles. The molecule has 2 rings (SSSR count). The highest BCUT2D eigenvalue weighted by Gasteiger charge is 2.31. The van der Waals surface area contributed by atoms with Gasteiger partial charge in [-0.1, -0.05) is 6.07 Å². The minimum Gasteiger partial charge on any atom is -0.379 e. The summed E-state index contributed by atoms with van der Waals surface area (Å²) in [5.41, 5.74) is -1.57. The molecule has 1 saturated heterocycles. The molecular weight excluding hydrogens is 265 g/mol. The molecule has 0 saturated carbocycles. The van der Waals surface area contributed by atoms with Gasteiger partial charge in [0.15, 0.2) is 0 Å². The average molecular weight is 278 g/mol. The molecule has 1 aliphatic rings. The Hall–Kier alpha value is -1.67. The predicted octanol–water partition coefficient (Wildman–Crippen LogP) is 2.22. The first-order valence-electron chi connectivity index (χ1n) is 5.51. The summed E-state index contributed by atoms with van der Waals surface area (Å²) in [6.07, 6.45) is -4.54. The van der Waals surface area contributed by atoms with Crippen LogP contribution < -0.4 is 5.32 Å². The van der Waals surface area contributed by atoms with E-state index < -0.39 is 22.4 Å². The molecule has 0 aromatic heterocycles. The Labute approximate surface area is 107 Å². The Bertz CT molecular complexity index is 408. The van der Waals surface area contributed by atoms with Crippen molar-refractivity contribution in [3.05, 3.63) is 39.9 Å². The Morgan fingerprint density at radius 1 is 1.26 bits per heavy atom. The summed E-state index contributed by atoms with van der Waals surface area (Å²) in [4.78, 5) is 9.25. The van der Waals surface area contributed by atoms with E-state index in [1.54, 1.807) is 0 Å². The lowest BCUT2D eigenvalue weighted by molar-refractivity contribution is -0.385. The number of morpholine rings is 1. The molecule has 1 aromatic rings. The number of nitro groups is 1. The lowest BCUT2D eigenvalue weighted by atomic mass is 10.2. The molecule has 0 atom stereocenters. The lowest BCUT2D eigenvalue weighted by Crippen LogP contribution is -2.30. The molecule has 0 amide bonds. The third kappa shape index (κ3) is 5.66. The molecule has 1 aliphatic heterocycles. The zero-order valence-electron chi connectivity index (χ0n) is 9.94. The van der Waals surface area contributed by atoms with Gasteiger partial charge in [-0.05, 0) is 6.07 Å². The number of ether oxygens (including phenoxy) is 1. The molecule has 0 radical (unpaired) electrons. The zero-order chi connectivity index (χ0) is 14.3. The maximum Gasteiger partial charge on any atom is 0.416 e.